The number of hydrogen-bond acceptors (Lipinski definition) is 2. The predicted octanol–water partition coefficient (Wildman–Crippen LogP) is 2.33. The predicted molar refractivity (Wildman–Crippen MR) is 45.7 cm³/mol. The molecule has 0 bridgehead atoms. The minimum atomic E-state index is -0.690. The van der Waals surface area contributed by atoms with E-state index in [1.165, 1.54) is 10.8 Å². The summed E-state index contributed by atoms with van der Waals surface area (Å²) in [7, 11) is 0.703. The van der Waals surface area contributed by atoms with Gasteiger partial charge in [0.25, 0.3) is 0 Å². The molecule has 0 fully saturated rings. The van der Waals surface area contributed by atoms with E-state index in [1.807, 2.05) is 25.3 Å². The van der Waals surface area contributed by atoms with E-state index in [-0.39, 0.29) is 0 Å². The molecule has 0 unspecified atom stereocenters. The Hall–Kier alpha value is 0.240. The average Bonchev–Trinajstić information content (AvgIpc) is 1.85. The highest BCUT2D eigenvalue weighted by Gasteiger charge is 1.92. The molecule has 0 aliphatic heterocycles. The molecule has 0 saturated heterocycles. The molecule has 0 aromatic rings. The van der Waals surface area contributed by atoms with Crippen molar-refractivity contribution in [2.24, 2.45) is 0 Å². The molecule has 0 radical (unpaired) electrons. The monoisotopic (exact) mass is 164 g/mol. The maximum absolute atomic E-state index is 10.8. The molecular weight excluding hydrogens is 152 g/mol. The average molecular weight is 164 g/mol. The van der Waals surface area contributed by atoms with E-state index >= 15 is 0 Å². The Morgan fingerprint density at radius 3 is 2.78 bits per heavy atom. The van der Waals surface area contributed by atoms with E-state index in [0.717, 1.165) is 12.2 Å². The van der Waals surface area contributed by atoms with Gasteiger partial charge in [-0.3, -0.25) is 0 Å². The minimum Gasteiger partial charge on any atom is -0.248 e. The van der Waals surface area contributed by atoms with Gasteiger partial charge in [-0.1, -0.05) is 13.0 Å². The van der Waals surface area contributed by atoms with Gasteiger partial charge >= 0.3 is 0 Å². The number of rotatable bonds is 4. The summed E-state index contributed by atoms with van der Waals surface area (Å²) >= 11 is 0. The molecule has 1 atom stereocenters. The highest BCUT2D eigenvalue weighted by Crippen LogP contribution is 2.09. The normalized spacial score (nSPS) is 14.4. The van der Waals surface area contributed by atoms with Crippen LogP contribution in [0.2, 0.25) is 0 Å². The van der Waals surface area contributed by atoms with Crippen molar-refractivity contribution < 1.29 is 4.21 Å². The standard InChI is InChI=1S/C6H12OS2/c1-3-5-8-9(7)6-4-2/h3,5H,4,6H2,1-2H3/b5-3+/t9-/m1/s1. The van der Waals surface area contributed by atoms with Gasteiger partial charge in [0.15, 0.2) is 0 Å². The van der Waals surface area contributed by atoms with Crippen LogP contribution in [-0.2, 0) is 9.83 Å². The fraction of sp³-hybridized carbons (Fsp3) is 0.667. The first kappa shape index (κ1) is 9.24. The summed E-state index contributed by atoms with van der Waals surface area (Å²) in [4.78, 5) is 0. The molecule has 0 spiro atoms. The van der Waals surface area contributed by atoms with Crippen LogP contribution in [0.4, 0.5) is 0 Å². The Balaban J connectivity index is 3.27. The molecule has 1 nitrogen and oxygen atoms in total. The second kappa shape index (κ2) is 6.36. The molecule has 0 aliphatic rings. The molecule has 54 valence electrons. The van der Waals surface area contributed by atoms with Gasteiger partial charge in [-0.2, -0.15) is 0 Å². The van der Waals surface area contributed by atoms with Crippen molar-refractivity contribution in [2.75, 3.05) is 5.75 Å². The summed E-state index contributed by atoms with van der Waals surface area (Å²) in [5.41, 5.74) is 0. The van der Waals surface area contributed by atoms with Gasteiger partial charge in [0, 0.05) is 5.75 Å². The fourth-order valence-corrected chi connectivity index (χ4v) is 2.49. The Kier molecular flexibility index (Phi) is 6.53. The number of hydrogen-bond donors (Lipinski definition) is 0. The van der Waals surface area contributed by atoms with Crippen LogP contribution in [0.1, 0.15) is 20.3 Å². The van der Waals surface area contributed by atoms with Gasteiger partial charge in [-0.05, 0) is 29.5 Å². The van der Waals surface area contributed by atoms with E-state index in [4.69, 9.17) is 0 Å². The van der Waals surface area contributed by atoms with Crippen molar-refractivity contribution in [3.8, 4) is 0 Å². The molecule has 0 rings (SSSR count). The largest absolute Gasteiger partial charge is 0.248 e. The van der Waals surface area contributed by atoms with E-state index in [9.17, 15) is 4.21 Å². The quantitative estimate of drug-likeness (QED) is 0.593. The molecule has 0 N–H and O–H groups in total. The van der Waals surface area contributed by atoms with Crippen LogP contribution < -0.4 is 0 Å². The summed E-state index contributed by atoms with van der Waals surface area (Å²) in [6.07, 6.45) is 2.90. The summed E-state index contributed by atoms with van der Waals surface area (Å²) in [6, 6.07) is 0. The minimum absolute atomic E-state index is 0.690. The number of allylic oxidation sites excluding steroid dienone is 1. The maximum Gasteiger partial charge on any atom is 0.0846 e. The van der Waals surface area contributed by atoms with Crippen LogP contribution in [0, 0.1) is 0 Å². The Labute approximate surface area is 62.8 Å². The van der Waals surface area contributed by atoms with Crippen LogP contribution >= 0.6 is 10.8 Å². The van der Waals surface area contributed by atoms with E-state index in [0.29, 0.717) is 0 Å². The lowest BCUT2D eigenvalue weighted by Gasteiger charge is -1.90. The zero-order valence-electron chi connectivity index (χ0n) is 5.79. The van der Waals surface area contributed by atoms with Crippen LogP contribution in [0.3, 0.4) is 0 Å². The zero-order valence-corrected chi connectivity index (χ0v) is 7.43. The Bertz CT molecular complexity index is 110. The molecule has 9 heavy (non-hydrogen) atoms. The Morgan fingerprint density at radius 1 is 1.67 bits per heavy atom. The van der Waals surface area contributed by atoms with Gasteiger partial charge in [0.05, 0.1) is 9.83 Å². The highest BCUT2D eigenvalue weighted by molar-refractivity contribution is 8.70. The first-order valence-electron chi connectivity index (χ1n) is 2.98. The van der Waals surface area contributed by atoms with Gasteiger partial charge in [-0.25, -0.2) is 4.21 Å². The summed E-state index contributed by atoms with van der Waals surface area (Å²) < 4.78 is 10.8. The van der Waals surface area contributed by atoms with Crippen molar-refractivity contribution in [2.45, 2.75) is 20.3 Å². The SMILES string of the molecule is C/C=C/S[S@@](=O)CCC. The third-order valence-electron chi connectivity index (χ3n) is 0.670. The van der Waals surface area contributed by atoms with Crippen LogP contribution in [0.5, 0.6) is 0 Å². The summed E-state index contributed by atoms with van der Waals surface area (Å²) in [5.74, 6) is 0.801. The van der Waals surface area contributed by atoms with Crippen LogP contribution in [0.25, 0.3) is 0 Å². The molecule has 0 aromatic heterocycles. The first-order valence-corrected chi connectivity index (χ1v) is 5.69. The van der Waals surface area contributed by atoms with Gasteiger partial charge < -0.3 is 0 Å². The molecule has 0 aromatic carbocycles. The van der Waals surface area contributed by atoms with Gasteiger partial charge in [0.2, 0.25) is 0 Å². The highest BCUT2D eigenvalue weighted by atomic mass is 33.1. The van der Waals surface area contributed by atoms with E-state index in [2.05, 4.69) is 0 Å². The lowest BCUT2D eigenvalue weighted by atomic mass is 10.6. The van der Waals surface area contributed by atoms with Crippen LogP contribution in [-0.4, -0.2) is 9.96 Å². The third kappa shape index (κ3) is 6.12. The zero-order chi connectivity index (χ0) is 7.11. The molecule has 0 aliphatic carbocycles. The fourth-order valence-electron chi connectivity index (χ4n) is 0.332. The first-order chi connectivity index (χ1) is 4.31. The van der Waals surface area contributed by atoms with Crippen molar-refractivity contribution in [3.05, 3.63) is 11.5 Å². The van der Waals surface area contributed by atoms with Crippen LogP contribution in [0.15, 0.2) is 11.5 Å². The molecule has 0 saturated carbocycles. The summed E-state index contributed by atoms with van der Waals surface area (Å²) in [5, 5.41) is 1.87. The summed E-state index contributed by atoms with van der Waals surface area (Å²) in [6.45, 7) is 3.96. The lowest BCUT2D eigenvalue weighted by molar-refractivity contribution is 0.690. The van der Waals surface area contributed by atoms with Crippen molar-refractivity contribution in [1.29, 1.82) is 0 Å². The van der Waals surface area contributed by atoms with E-state index in [1.54, 1.807) is 0 Å². The second-order valence-electron chi connectivity index (χ2n) is 1.57. The van der Waals surface area contributed by atoms with Crippen molar-refractivity contribution in [1.82, 2.24) is 0 Å². The van der Waals surface area contributed by atoms with Crippen molar-refractivity contribution in [3.63, 3.8) is 0 Å². The topological polar surface area (TPSA) is 17.1 Å². The molecule has 0 amide bonds. The van der Waals surface area contributed by atoms with E-state index < -0.39 is 9.83 Å². The smallest absolute Gasteiger partial charge is 0.0846 e. The third-order valence-corrected chi connectivity index (χ3v) is 3.49. The second-order valence-corrected chi connectivity index (χ2v) is 4.75. The van der Waals surface area contributed by atoms with Crippen molar-refractivity contribution >= 4 is 20.6 Å². The molecular formula is C6H12OS2. The van der Waals surface area contributed by atoms with Gasteiger partial charge in [0.1, 0.15) is 0 Å². The maximum atomic E-state index is 10.8. The van der Waals surface area contributed by atoms with Gasteiger partial charge in [-0.15, -0.1) is 0 Å². The Morgan fingerprint density at radius 2 is 2.33 bits per heavy atom. The molecule has 3 heteroatoms. The lowest BCUT2D eigenvalue weighted by Crippen LogP contribution is -1.86. The molecule has 0 heterocycles.